The highest BCUT2D eigenvalue weighted by atomic mass is 32.1. The van der Waals surface area contributed by atoms with Gasteiger partial charge in [-0.1, -0.05) is 45.1 Å². The van der Waals surface area contributed by atoms with Crippen molar-refractivity contribution >= 4 is 17.4 Å². The molecule has 2 rings (SSSR count). The summed E-state index contributed by atoms with van der Waals surface area (Å²) in [6.07, 6.45) is 5.26. The lowest BCUT2D eigenvalue weighted by molar-refractivity contribution is 0.550. The van der Waals surface area contributed by atoms with Gasteiger partial charge < -0.3 is 0 Å². The highest BCUT2D eigenvalue weighted by Crippen LogP contribution is 2.36. The van der Waals surface area contributed by atoms with Crippen molar-refractivity contribution in [2.24, 2.45) is 0 Å². The first-order valence-electron chi connectivity index (χ1n) is 5.61. The Morgan fingerprint density at radius 2 is 2.12 bits per heavy atom. The van der Waals surface area contributed by atoms with Crippen LogP contribution < -0.4 is 4.87 Å². The molecule has 0 amide bonds. The standard InChI is InChI=1S/C13H17NOS/c1-8-6-5-7-9-10(8)11(13(2,3)4)14-12(15)16-9/h5,7-8H,6H2,1-4H3. The average Bonchev–Trinajstić information content (AvgIpc) is 2.15. The van der Waals surface area contributed by atoms with Crippen molar-refractivity contribution in [2.45, 2.75) is 45.4 Å². The minimum atomic E-state index is -0.0811. The van der Waals surface area contributed by atoms with E-state index >= 15 is 0 Å². The Balaban J connectivity index is 2.75. The van der Waals surface area contributed by atoms with Crippen LogP contribution in [0, 0.1) is 0 Å². The highest BCUT2D eigenvalue weighted by molar-refractivity contribution is 7.10. The fraction of sp³-hybridized carbons (Fsp3) is 0.538. The largest absolute Gasteiger partial charge is 0.327 e. The first kappa shape index (κ1) is 11.5. The zero-order valence-electron chi connectivity index (χ0n) is 10.2. The summed E-state index contributed by atoms with van der Waals surface area (Å²) >= 11 is 1.26. The summed E-state index contributed by atoms with van der Waals surface area (Å²) in [5.74, 6) is 0.471. The van der Waals surface area contributed by atoms with Crippen LogP contribution in [-0.4, -0.2) is 4.98 Å². The summed E-state index contributed by atoms with van der Waals surface area (Å²) in [5.41, 5.74) is 2.19. The number of allylic oxidation sites excluding steroid dienone is 1. The molecule has 1 heterocycles. The molecule has 16 heavy (non-hydrogen) atoms. The zero-order chi connectivity index (χ0) is 11.9. The third kappa shape index (κ3) is 1.96. The monoisotopic (exact) mass is 235 g/mol. The van der Waals surface area contributed by atoms with Gasteiger partial charge in [0.1, 0.15) is 0 Å². The van der Waals surface area contributed by atoms with E-state index in [-0.39, 0.29) is 10.3 Å². The predicted molar refractivity (Wildman–Crippen MR) is 69.2 cm³/mol. The van der Waals surface area contributed by atoms with E-state index in [1.54, 1.807) is 0 Å². The Morgan fingerprint density at radius 1 is 1.44 bits per heavy atom. The molecule has 1 aliphatic rings. The van der Waals surface area contributed by atoms with E-state index in [2.05, 4.69) is 44.8 Å². The number of fused-ring (bicyclic) bond motifs is 1. The first-order chi connectivity index (χ1) is 7.39. The van der Waals surface area contributed by atoms with E-state index in [9.17, 15) is 4.79 Å². The molecule has 0 spiro atoms. The Hall–Kier alpha value is -0.960. The molecule has 1 aliphatic carbocycles. The van der Waals surface area contributed by atoms with Crippen molar-refractivity contribution in [3.8, 4) is 0 Å². The lowest BCUT2D eigenvalue weighted by atomic mass is 9.82. The molecule has 1 atom stereocenters. The van der Waals surface area contributed by atoms with Crippen LogP contribution in [0.25, 0.3) is 6.08 Å². The maximum Gasteiger partial charge on any atom is 0.327 e. The zero-order valence-corrected chi connectivity index (χ0v) is 11.0. The van der Waals surface area contributed by atoms with Gasteiger partial charge in [-0.25, -0.2) is 4.98 Å². The molecular weight excluding hydrogens is 218 g/mol. The quantitative estimate of drug-likeness (QED) is 0.690. The van der Waals surface area contributed by atoms with Gasteiger partial charge in [-0.15, -0.1) is 0 Å². The second kappa shape index (κ2) is 3.81. The Labute approximate surface area is 100 Å². The second-order valence-electron chi connectivity index (χ2n) is 5.40. The molecule has 86 valence electrons. The first-order valence-corrected chi connectivity index (χ1v) is 6.43. The van der Waals surface area contributed by atoms with Crippen LogP contribution in [-0.2, 0) is 5.41 Å². The third-order valence-electron chi connectivity index (χ3n) is 2.88. The molecule has 0 aliphatic heterocycles. The normalized spacial score (nSPS) is 19.6. The molecule has 0 saturated carbocycles. The fourth-order valence-electron chi connectivity index (χ4n) is 2.11. The molecule has 0 bridgehead atoms. The minimum Gasteiger partial charge on any atom is -0.255 e. The van der Waals surface area contributed by atoms with Gasteiger partial charge >= 0.3 is 4.87 Å². The summed E-state index contributed by atoms with van der Waals surface area (Å²) in [6, 6.07) is 0. The van der Waals surface area contributed by atoms with Crippen LogP contribution in [0.15, 0.2) is 10.9 Å². The Morgan fingerprint density at radius 3 is 2.75 bits per heavy atom. The van der Waals surface area contributed by atoms with E-state index in [4.69, 9.17) is 0 Å². The molecule has 1 aromatic rings. The summed E-state index contributed by atoms with van der Waals surface area (Å²) in [4.78, 5) is 16.8. The number of hydrogen-bond donors (Lipinski definition) is 0. The van der Waals surface area contributed by atoms with Crippen molar-refractivity contribution in [1.29, 1.82) is 0 Å². The van der Waals surface area contributed by atoms with Gasteiger partial charge in [0, 0.05) is 10.3 Å². The van der Waals surface area contributed by atoms with E-state index in [0.717, 1.165) is 17.0 Å². The van der Waals surface area contributed by atoms with Crippen LogP contribution in [0.3, 0.4) is 0 Å². The summed E-state index contributed by atoms with van der Waals surface area (Å²) in [5, 5.41) is 0. The lowest BCUT2D eigenvalue weighted by Gasteiger charge is -2.26. The predicted octanol–water partition coefficient (Wildman–Crippen LogP) is 3.32. The SMILES string of the molecule is CC1CC=Cc2sc(=O)nc(C(C)(C)C)c21. The minimum absolute atomic E-state index is 0.0589. The van der Waals surface area contributed by atoms with E-state index in [1.165, 1.54) is 16.9 Å². The topological polar surface area (TPSA) is 30.0 Å². The maximum atomic E-state index is 11.6. The van der Waals surface area contributed by atoms with Crippen LogP contribution >= 0.6 is 11.3 Å². The van der Waals surface area contributed by atoms with Crippen molar-refractivity contribution in [3.63, 3.8) is 0 Å². The summed E-state index contributed by atoms with van der Waals surface area (Å²) < 4.78 is 0. The van der Waals surface area contributed by atoms with Gasteiger partial charge in [-0.05, 0) is 24.0 Å². The van der Waals surface area contributed by atoms with Crippen molar-refractivity contribution in [3.05, 3.63) is 31.9 Å². The number of hydrogen-bond acceptors (Lipinski definition) is 3. The second-order valence-corrected chi connectivity index (χ2v) is 6.39. The molecule has 0 N–H and O–H groups in total. The number of nitrogens with zero attached hydrogens (tertiary/aromatic N) is 1. The van der Waals surface area contributed by atoms with E-state index in [0.29, 0.717) is 5.92 Å². The number of aromatic nitrogens is 1. The van der Waals surface area contributed by atoms with Gasteiger partial charge in [0.2, 0.25) is 0 Å². The van der Waals surface area contributed by atoms with Gasteiger partial charge in [-0.3, -0.25) is 4.79 Å². The molecule has 3 heteroatoms. The molecule has 1 aromatic heterocycles. The van der Waals surface area contributed by atoms with Gasteiger partial charge in [-0.2, -0.15) is 0 Å². The fourth-order valence-corrected chi connectivity index (χ4v) is 3.01. The van der Waals surface area contributed by atoms with E-state index in [1.807, 2.05) is 0 Å². The molecule has 0 saturated heterocycles. The van der Waals surface area contributed by atoms with Crippen LogP contribution in [0.2, 0.25) is 0 Å². The Kier molecular flexibility index (Phi) is 2.74. The molecular formula is C13H17NOS. The average molecular weight is 235 g/mol. The molecule has 0 fully saturated rings. The Bertz CT molecular complexity index is 494. The summed E-state index contributed by atoms with van der Waals surface area (Å²) in [6.45, 7) is 8.55. The molecule has 0 radical (unpaired) electrons. The van der Waals surface area contributed by atoms with Crippen molar-refractivity contribution in [1.82, 2.24) is 4.98 Å². The van der Waals surface area contributed by atoms with Gasteiger partial charge in [0.15, 0.2) is 0 Å². The maximum absolute atomic E-state index is 11.6. The van der Waals surface area contributed by atoms with Crippen molar-refractivity contribution < 1.29 is 0 Å². The van der Waals surface area contributed by atoms with Crippen molar-refractivity contribution in [2.75, 3.05) is 0 Å². The summed E-state index contributed by atoms with van der Waals surface area (Å²) in [7, 11) is 0. The third-order valence-corrected chi connectivity index (χ3v) is 3.72. The molecule has 0 aromatic carbocycles. The molecule has 2 nitrogen and oxygen atoms in total. The van der Waals surface area contributed by atoms with Gasteiger partial charge in [0.05, 0.1) is 5.69 Å². The van der Waals surface area contributed by atoms with Gasteiger partial charge in [0.25, 0.3) is 0 Å². The molecule has 1 unspecified atom stereocenters. The smallest absolute Gasteiger partial charge is 0.255 e. The number of rotatable bonds is 0. The highest BCUT2D eigenvalue weighted by Gasteiger charge is 2.26. The van der Waals surface area contributed by atoms with Crippen LogP contribution in [0.5, 0.6) is 0 Å². The van der Waals surface area contributed by atoms with Crippen LogP contribution in [0.4, 0.5) is 0 Å². The lowest BCUT2D eigenvalue weighted by Crippen LogP contribution is -2.23. The van der Waals surface area contributed by atoms with Crippen LogP contribution in [0.1, 0.15) is 56.2 Å². The van der Waals surface area contributed by atoms with E-state index < -0.39 is 0 Å².